The van der Waals surface area contributed by atoms with E-state index in [0.29, 0.717) is 31.7 Å². The molecule has 0 unspecified atom stereocenters. The second kappa shape index (κ2) is 24.2. The molecular weight excluding hydrogens is 840 g/mol. The number of nitrogens with two attached hydrogens (primary N) is 1. The van der Waals surface area contributed by atoms with Crippen LogP contribution in [-0.2, 0) is 84.1 Å². The smallest absolute Gasteiger partial charge is 0.407 e. The highest BCUT2D eigenvalue weighted by molar-refractivity contribution is 5.85. The van der Waals surface area contributed by atoms with Crippen LogP contribution in [0.5, 0.6) is 0 Å². The Kier molecular flexibility index (Phi) is 19.1. The zero-order valence-corrected chi connectivity index (χ0v) is 39.4. The molecule has 13 nitrogen and oxygen atoms in total. The zero-order valence-electron chi connectivity index (χ0n) is 38.6. The number of nitrogens with one attached hydrogen (secondary N) is 2. The molecule has 0 saturated heterocycles. The number of alkyl carbamates (subject to hydrolysis) is 1. The first kappa shape index (κ1) is 51.4. The number of nitrogens with zero attached hydrogens (tertiary/aromatic N) is 5. The SMILES string of the molecule is CC(=O)N1CCc2ccc(C#N)cc2C1.CC(=O)N1CCc2ccc(CN)cc2C1.CC(=O)N1CCc2ccc(CNC(=O)OC(C)(C)C)cc2C1.Cl.N#Cc1ccc2c(c1)CNCC2. The third kappa shape index (κ3) is 15.5. The van der Waals surface area contributed by atoms with Crippen molar-refractivity contribution in [3.05, 3.63) is 140 Å². The lowest BCUT2D eigenvalue weighted by molar-refractivity contribution is -0.130. The summed E-state index contributed by atoms with van der Waals surface area (Å²) in [5, 5.41) is 23.5. The summed E-state index contributed by atoms with van der Waals surface area (Å²) in [4.78, 5) is 51.2. The zero-order chi connectivity index (χ0) is 46.4. The third-order valence-electron chi connectivity index (χ3n) is 11.5. The lowest BCUT2D eigenvalue weighted by Gasteiger charge is -2.28. The summed E-state index contributed by atoms with van der Waals surface area (Å²) in [5.41, 5.74) is 18.7. The standard InChI is InChI=1S/C17H24N2O3.C12H16N2O.C12H12N2O.C10H10N2.ClH/c1-12(20)19-8-7-14-6-5-13(9-15(14)11-19)10-18-16(21)22-17(2,3)4;2*1-9(15)14-5-4-11-3-2-10(7-13)6-12(11)8-14;11-6-8-1-2-9-3-4-12-7-10(9)5-8;/h5-6,9H,7-8,10-11H2,1-4H3,(H,18,21);2-3,6H,4-5,7-8,13H2,1H3;2-3,6H,4-5,8H2,1H3;1-2,5,12H,3-4,7H2;1H. The second-order valence-corrected chi connectivity index (χ2v) is 17.5. The fourth-order valence-corrected chi connectivity index (χ4v) is 7.93. The summed E-state index contributed by atoms with van der Waals surface area (Å²) in [7, 11) is 0. The number of hydrogen-bond acceptors (Lipinski definition) is 9. The van der Waals surface area contributed by atoms with Crippen molar-refractivity contribution in [2.45, 2.75) is 112 Å². The number of benzene rings is 4. The summed E-state index contributed by atoms with van der Waals surface area (Å²) < 4.78 is 5.22. The van der Waals surface area contributed by atoms with Gasteiger partial charge >= 0.3 is 6.09 Å². The van der Waals surface area contributed by atoms with Crippen molar-refractivity contribution >= 4 is 36.2 Å². The third-order valence-corrected chi connectivity index (χ3v) is 11.5. The molecule has 0 bridgehead atoms. The maximum absolute atomic E-state index is 11.7. The number of ether oxygens (including phenoxy) is 1. The predicted molar refractivity (Wildman–Crippen MR) is 253 cm³/mol. The Labute approximate surface area is 390 Å². The molecule has 4 heterocycles. The minimum Gasteiger partial charge on any atom is -0.444 e. The lowest BCUT2D eigenvalue weighted by atomic mass is 9.97. The Morgan fingerprint density at radius 1 is 0.631 bits per heavy atom. The van der Waals surface area contributed by atoms with Gasteiger partial charge in [0.1, 0.15) is 5.60 Å². The molecule has 14 heteroatoms. The number of halogens is 1. The molecule has 4 N–H and O–H groups in total. The van der Waals surface area contributed by atoms with E-state index in [-0.39, 0.29) is 30.1 Å². The Morgan fingerprint density at radius 3 is 1.49 bits per heavy atom. The Balaban J connectivity index is 0.000000193. The number of carbonyl (C=O) groups is 4. The van der Waals surface area contributed by atoms with Gasteiger partial charge in [-0.1, -0.05) is 48.5 Å². The van der Waals surface area contributed by atoms with E-state index in [4.69, 9.17) is 21.0 Å². The van der Waals surface area contributed by atoms with E-state index < -0.39 is 11.7 Å². The van der Waals surface area contributed by atoms with Crippen molar-refractivity contribution in [2.24, 2.45) is 5.73 Å². The maximum atomic E-state index is 11.7. The van der Waals surface area contributed by atoms with E-state index in [2.05, 4.69) is 59.2 Å². The Hall–Kier alpha value is -6.25. The first-order chi connectivity index (χ1) is 30.5. The van der Waals surface area contributed by atoms with E-state index in [1.54, 1.807) is 20.8 Å². The van der Waals surface area contributed by atoms with Crippen LogP contribution in [0.1, 0.15) is 108 Å². The molecule has 65 heavy (non-hydrogen) atoms. The Bertz CT molecular complexity index is 2420. The van der Waals surface area contributed by atoms with Gasteiger partial charge in [-0.25, -0.2) is 4.79 Å². The normalized spacial score (nSPS) is 14.3. The van der Waals surface area contributed by atoms with Crippen LogP contribution in [0.25, 0.3) is 0 Å². The van der Waals surface area contributed by atoms with Crippen molar-refractivity contribution < 1.29 is 23.9 Å². The van der Waals surface area contributed by atoms with Crippen LogP contribution in [0.2, 0.25) is 0 Å². The minimum atomic E-state index is -0.498. The molecule has 8 rings (SSSR count). The maximum Gasteiger partial charge on any atom is 0.407 e. The van der Waals surface area contributed by atoms with Gasteiger partial charge in [0.15, 0.2) is 0 Å². The highest BCUT2D eigenvalue weighted by Gasteiger charge is 2.21. The number of rotatable bonds is 3. The molecule has 0 fully saturated rings. The van der Waals surface area contributed by atoms with Gasteiger partial charge in [-0.3, -0.25) is 14.4 Å². The molecule has 4 aliphatic rings. The monoisotopic (exact) mass is 902 g/mol. The molecule has 0 aliphatic carbocycles. The molecule has 0 radical (unpaired) electrons. The van der Waals surface area contributed by atoms with E-state index in [0.717, 1.165) is 92.8 Å². The molecule has 0 aromatic heterocycles. The van der Waals surface area contributed by atoms with Crippen molar-refractivity contribution in [2.75, 3.05) is 26.2 Å². The topological polar surface area (TPSA) is 185 Å². The quantitative estimate of drug-likeness (QED) is 0.200. The van der Waals surface area contributed by atoms with Crippen LogP contribution in [0.15, 0.2) is 72.8 Å². The second-order valence-electron chi connectivity index (χ2n) is 17.5. The molecule has 0 spiro atoms. The molecule has 4 aromatic carbocycles. The molecule has 4 amide bonds. The number of nitriles is 2. The number of carbonyl (C=O) groups excluding carboxylic acids is 4. The fourth-order valence-electron chi connectivity index (χ4n) is 7.93. The highest BCUT2D eigenvalue weighted by atomic mass is 35.5. The molecule has 4 aliphatic heterocycles. The van der Waals surface area contributed by atoms with E-state index in [1.807, 2.05) is 71.9 Å². The molecule has 344 valence electrons. The highest BCUT2D eigenvalue weighted by Crippen LogP contribution is 2.23. The first-order valence-electron chi connectivity index (χ1n) is 21.9. The van der Waals surface area contributed by atoms with Gasteiger partial charge in [-0.15, -0.1) is 12.4 Å². The van der Waals surface area contributed by atoms with Crippen LogP contribution < -0.4 is 16.4 Å². The van der Waals surface area contributed by atoms with Crippen LogP contribution in [0.3, 0.4) is 0 Å². The van der Waals surface area contributed by atoms with Crippen molar-refractivity contribution in [1.29, 1.82) is 10.5 Å². The Morgan fingerprint density at radius 2 is 1.05 bits per heavy atom. The van der Waals surface area contributed by atoms with Crippen LogP contribution >= 0.6 is 12.4 Å². The molecule has 4 aromatic rings. The number of amides is 4. The van der Waals surface area contributed by atoms with E-state index >= 15 is 0 Å². The minimum absolute atomic E-state index is 0. The average molecular weight is 904 g/mol. The van der Waals surface area contributed by atoms with Crippen molar-refractivity contribution in [3.63, 3.8) is 0 Å². The summed E-state index contributed by atoms with van der Waals surface area (Å²) in [6, 6.07) is 28.4. The molecular formula is C51H63ClN8O5. The van der Waals surface area contributed by atoms with Gasteiger partial charge in [-0.2, -0.15) is 10.5 Å². The summed E-state index contributed by atoms with van der Waals surface area (Å²) in [6.07, 6.45) is 3.39. The number of fused-ring (bicyclic) bond motifs is 4. The number of hydrogen-bond donors (Lipinski definition) is 3. The van der Waals surface area contributed by atoms with Gasteiger partial charge < -0.3 is 35.8 Å². The van der Waals surface area contributed by atoms with Gasteiger partial charge in [0, 0.05) is 79.7 Å². The van der Waals surface area contributed by atoms with E-state index in [9.17, 15) is 19.2 Å². The summed E-state index contributed by atoms with van der Waals surface area (Å²) in [5.74, 6) is 0.352. The van der Waals surface area contributed by atoms with Crippen molar-refractivity contribution in [3.8, 4) is 12.1 Å². The molecule has 0 saturated carbocycles. The van der Waals surface area contributed by atoms with Crippen molar-refractivity contribution in [1.82, 2.24) is 25.3 Å². The van der Waals surface area contributed by atoms with Gasteiger partial charge in [0.2, 0.25) is 17.7 Å². The average Bonchev–Trinajstić information content (AvgIpc) is 3.29. The summed E-state index contributed by atoms with van der Waals surface area (Å²) in [6.45, 7) is 17.7. The van der Waals surface area contributed by atoms with Crippen LogP contribution in [0.4, 0.5) is 4.79 Å². The van der Waals surface area contributed by atoms with Crippen LogP contribution in [0, 0.1) is 22.7 Å². The summed E-state index contributed by atoms with van der Waals surface area (Å²) >= 11 is 0. The van der Waals surface area contributed by atoms with Gasteiger partial charge in [0.05, 0.1) is 23.3 Å². The van der Waals surface area contributed by atoms with Crippen LogP contribution in [-0.4, -0.2) is 70.3 Å². The van der Waals surface area contributed by atoms with Gasteiger partial charge in [0.25, 0.3) is 0 Å². The largest absolute Gasteiger partial charge is 0.444 e. The molecule has 0 atom stereocenters. The lowest BCUT2D eigenvalue weighted by Crippen LogP contribution is -2.34. The predicted octanol–water partition coefficient (Wildman–Crippen LogP) is 6.75. The van der Waals surface area contributed by atoms with Gasteiger partial charge in [-0.05, 0) is 133 Å². The fraction of sp³-hybridized carbons (Fsp3) is 0.412. The first-order valence-corrected chi connectivity index (χ1v) is 21.9. The van der Waals surface area contributed by atoms with E-state index in [1.165, 1.54) is 33.4 Å².